The zero-order valence-corrected chi connectivity index (χ0v) is 14.8. The minimum Gasteiger partial charge on any atom is -0.465 e. The van der Waals surface area contributed by atoms with Crippen LogP contribution in [0.3, 0.4) is 0 Å². The van der Waals surface area contributed by atoms with Crippen LogP contribution in [0.2, 0.25) is 0 Å². The highest BCUT2D eigenvalue weighted by Gasteiger charge is 2.40. The van der Waals surface area contributed by atoms with Crippen molar-refractivity contribution >= 4 is 17.7 Å². The molecule has 1 saturated carbocycles. The van der Waals surface area contributed by atoms with E-state index in [4.69, 9.17) is 9.47 Å². The molecule has 5 atom stereocenters. The van der Waals surface area contributed by atoms with Gasteiger partial charge >= 0.3 is 11.9 Å². The third-order valence-electron chi connectivity index (χ3n) is 5.32. The Bertz CT molecular complexity index is 510. The first-order valence-electron chi connectivity index (χ1n) is 8.97. The average molecular weight is 336 g/mol. The highest BCUT2D eigenvalue weighted by Crippen LogP contribution is 2.35. The van der Waals surface area contributed by atoms with Crippen LogP contribution in [0.5, 0.6) is 0 Å². The van der Waals surface area contributed by atoms with Gasteiger partial charge in [-0.2, -0.15) is 0 Å². The van der Waals surface area contributed by atoms with Crippen molar-refractivity contribution < 1.29 is 23.9 Å². The molecule has 0 amide bonds. The Morgan fingerprint density at radius 1 is 1.29 bits per heavy atom. The van der Waals surface area contributed by atoms with E-state index in [1.807, 2.05) is 13.0 Å². The number of hydrogen-bond donors (Lipinski definition) is 0. The van der Waals surface area contributed by atoms with Crippen molar-refractivity contribution in [1.82, 2.24) is 0 Å². The Morgan fingerprint density at radius 3 is 2.67 bits per heavy atom. The number of hydrogen-bond acceptors (Lipinski definition) is 5. The number of carbonyl (C=O) groups is 3. The van der Waals surface area contributed by atoms with Gasteiger partial charge in [0.1, 0.15) is 11.9 Å². The molecule has 0 spiro atoms. The van der Waals surface area contributed by atoms with Crippen LogP contribution < -0.4 is 0 Å². The molecular weight excluding hydrogens is 308 g/mol. The molecule has 2 rings (SSSR count). The maximum atomic E-state index is 12.2. The second kappa shape index (κ2) is 8.45. The smallest absolute Gasteiger partial charge is 0.309 e. The monoisotopic (exact) mass is 336 g/mol. The van der Waals surface area contributed by atoms with E-state index in [1.165, 1.54) is 0 Å². The lowest BCUT2D eigenvalue weighted by Gasteiger charge is -2.19. The van der Waals surface area contributed by atoms with Gasteiger partial charge in [-0.25, -0.2) is 0 Å². The summed E-state index contributed by atoms with van der Waals surface area (Å²) >= 11 is 0. The summed E-state index contributed by atoms with van der Waals surface area (Å²) in [5.74, 6) is -0.573. The summed E-state index contributed by atoms with van der Waals surface area (Å²) in [7, 11) is 0. The van der Waals surface area contributed by atoms with Crippen molar-refractivity contribution in [2.45, 2.75) is 59.0 Å². The molecule has 24 heavy (non-hydrogen) atoms. The van der Waals surface area contributed by atoms with Gasteiger partial charge in [-0.05, 0) is 32.1 Å². The second-order valence-corrected chi connectivity index (χ2v) is 6.97. The Hall–Kier alpha value is -1.65. The van der Waals surface area contributed by atoms with Gasteiger partial charge in [0, 0.05) is 24.7 Å². The summed E-state index contributed by atoms with van der Waals surface area (Å²) in [5.41, 5.74) is 0. The molecule has 0 aromatic heterocycles. The third kappa shape index (κ3) is 4.46. The normalized spacial score (nSPS) is 33.2. The first-order valence-corrected chi connectivity index (χ1v) is 8.97. The summed E-state index contributed by atoms with van der Waals surface area (Å²) in [4.78, 5) is 35.7. The van der Waals surface area contributed by atoms with Crippen molar-refractivity contribution in [3.8, 4) is 0 Å². The lowest BCUT2D eigenvalue weighted by atomic mass is 9.89. The van der Waals surface area contributed by atoms with Gasteiger partial charge in [0.2, 0.25) is 0 Å². The lowest BCUT2D eigenvalue weighted by molar-refractivity contribution is -0.147. The second-order valence-electron chi connectivity index (χ2n) is 6.97. The van der Waals surface area contributed by atoms with E-state index in [9.17, 15) is 14.4 Å². The first-order chi connectivity index (χ1) is 11.4. The summed E-state index contributed by atoms with van der Waals surface area (Å²) in [5, 5.41) is 0. The van der Waals surface area contributed by atoms with Crippen molar-refractivity contribution in [3.63, 3.8) is 0 Å². The molecule has 5 heteroatoms. The number of cyclic esters (lactones) is 1. The van der Waals surface area contributed by atoms with Gasteiger partial charge < -0.3 is 9.47 Å². The Kier molecular flexibility index (Phi) is 6.58. The fourth-order valence-corrected chi connectivity index (χ4v) is 3.66. The number of ketones is 1. The van der Waals surface area contributed by atoms with E-state index in [-0.39, 0.29) is 60.5 Å². The molecule has 1 saturated heterocycles. The van der Waals surface area contributed by atoms with Gasteiger partial charge in [-0.15, -0.1) is 0 Å². The maximum absolute atomic E-state index is 12.2. The summed E-state index contributed by atoms with van der Waals surface area (Å²) in [6, 6.07) is 0. The van der Waals surface area contributed by atoms with Crippen molar-refractivity contribution in [3.05, 3.63) is 12.2 Å². The quantitative estimate of drug-likeness (QED) is 0.528. The molecule has 134 valence electrons. The van der Waals surface area contributed by atoms with E-state index < -0.39 is 0 Å². The standard InChI is InChI=1S/C19H28O5/c1-4-5-6-7-15-14(8-9-17(15)20)10-18(21)23-11-16-12(2)19(22)24-13(16)3/h5-6,12-16H,4,7-11H2,1-3H3/b6-5-/t12-,13+,14+,15+,16-/m0/s1. The molecule has 0 unspecified atom stereocenters. The van der Waals surface area contributed by atoms with Crippen LogP contribution in [-0.2, 0) is 23.9 Å². The molecule has 1 aliphatic heterocycles. The molecule has 0 radical (unpaired) electrons. The highest BCUT2D eigenvalue weighted by atomic mass is 16.6. The van der Waals surface area contributed by atoms with E-state index in [0.717, 1.165) is 12.8 Å². The predicted molar refractivity (Wildman–Crippen MR) is 89.1 cm³/mol. The number of Topliss-reactive ketones (excluding diaryl/α,β-unsaturated/α-hetero) is 1. The molecule has 2 fully saturated rings. The fourth-order valence-electron chi connectivity index (χ4n) is 3.66. The number of rotatable bonds is 7. The summed E-state index contributed by atoms with van der Waals surface area (Å²) in [6.07, 6.45) is 7.13. The topological polar surface area (TPSA) is 69.7 Å². The van der Waals surface area contributed by atoms with E-state index in [0.29, 0.717) is 12.8 Å². The van der Waals surface area contributed by atoms with Crippen LogP contribution in [-0.4, -0.2) is 30.4 Å². The molecular formula is C19H28O5. The fraction of sp³-hybridized carbons (Fsp3) is 0.737. The number of allylic oxidation sites excluding steroid dienone is 2. The lowest BCUT2D eigenvalue weighted by Crippen LogP contribution is -2.25. The van der Waals surface area contributed by atoms with Gasteiger partial charge in [0.15, 0.2) is 0 Å². The van der Waals surface area contributed by atoms with Crippen molar-refractivity contribution in [2.75, 3.05) is 6.61 Å². The van der Waals surface area contributed by atoms with Crippen LogP contribution in [0.1, 0.15) is 52.9 Å². The summed E-state index contributed by atoms with van der Waals surface area (Å²) < 4.78 is 10.5. The SMILES string of the molecule is CC/C=C\C[C@H]1C(=O)CC[C@@H]1CC(=O)OC[C@H]1[C@H](C)C(=O)O[C@@H]1C. The van der Waals surface area contributed by atoms with Crippen molar-refractivity contribution in [1.29, 1.82) is 0 Å². The predicted octanol–water partition coefficient (Wildman–Crippen LogP) is 3.07. The van der Waals surface area contributed by atoms with Crippen LogP contribution >= 0.6 is 0 Å². The molecule has 0 bridgehead atoms. The highest BCUT2D eigenvalue weighted by molar-refractivity contribution is 5.84. The van der Waals surface area contributed by atoms with Crippen molar-refractivity contribution in [2.24, 2.45) is 23.7 Å². The van der Waals surface area contributed by atoms with Crippen LogP contribution in [0.25, 0.3) is 0 Å². The van der Waals surface area contributed by atoms with Gasteiger partial charge in [0.05, 0.1) is 12.5 Å². The van der Waals surface area contributed by atoms with E-state index >= 15 is 0 Å². The van der Waals surface area contributed by atoms with E-state index in [1.54, 1.807) is 6.92 Å². The molecule has 0 aromatic carbocycles. The van der Waals surface area contributed by atoms with Crippen LogP contribution in [0.15, 0.2) is 12.2 Å². The van der Waals surface area contributed by atoms with Crippen LogP contribution in [0.4, 0.5) is 0 Å². The summed E-state index contributed by atoms with van der Waals surface area (Å²) in [6.45, 7) is 5.89. The molecule has 1 heterocycles. The van der Waals surface area contributed by atoms with E-state index in [2.05, 4.69) is 13.0 Å². The first kappa shape index (κ1) is 18.7. The maximum Gasteiger partial charge on any atom is 0.309 e. The average Bonchev–Trinajstić information content (AvgIpc) is 2.99. The largest absolute Gasteiger partial charge is 0.465 e. The van der Waals surface area contributed by atoms with Gasteiger partial charge in [0.25, 0.3) is 0 Å². The number of carbonyl (C=O) groups excluding carboxylic acids is 3. The zero-order chi connectivity index (χ0) is 17.7. The molecule has 1 aliphatic carbocycles. The minimum atomic E-state index is -0.280. The Morgan fingerprint density at radius 2 is 2.04 bits per heavy atom. The van der Waals surface area contributed by atoms with Crippen LogP contribution in [0, 0.1) is 23.7 Å². The number of esters is 2. The molecule has 5 nitrogen and oxygen atoms in total. The van der Waals surface area contributed by atoms with Gasteiger partial charge in [-0.1, -0.05) is 26.0 Å². The van der Waals surface area contributed by atoms with Gasteiger partial charge in [-0.3, -0.25) is 14.4 Å². The molecule has 0 aromatic rings. The Balaban J connectivity index is 1.82. The minimum absolute atomic E-state index is 0.0606. The third-order valence-corrected chi connectivity index (χ3v) is 5.32. The molecule has 2 aliphatic rings. The molecule has 0 N–H and O–H groups in total. The number of ether oxygens (including phenoxy) is 2. The Labute approximate surface area is 143 Å². The zero-order valence-electron chi connectivity index (χ0n) is 14.8.